The van der Waals surface area contributed by atoms with E-state index in [2.05, 4.69) is 0 Å². The molecular formula is C21H18O5S. The van der Waals surface area contributed by atoms with Crippen molar-refractivity contribution in [3.05, 3.63) is 95.6 Å². The van der Waals surface area contributed by atoms with Gasteiger partial charge in [0, 0.05) is 0 Å². The summed E-state index contributed by atoms with van der Waals surface area (Å²) in [5.74, 6) is -0.769. The van der Waals surface area contributed by atoms with Crippen LogP contribution in [0.3, 0.4) is 0 Å². The first-order valence-corrected chi connectivity index (χ1v) is 9.67. The van der Waals surface area contributed by atoms with E-state index in [0.717, 1.165) is 5.56 Å². The molecule has 0 bridgehead atoms. The summed E-state index contributed by atoms with van der Waals surface area (Å²) >= 11 is 0. The second-order valence-electron chi connectivity index (χ2n) is 6.02. The van der Waals surface area contributed by atoms with Crippen molar-refractivity contribution in [2.24, 2.45) is 0 Å². The lowest BCUT2D eigenvalue weighted by molar-refractivity contribution is 0.0746. The van der Waals surface area contributed by atoms with Crippen molar-refractivity contribution in [1.82, 2.24) is 0 Å². The minimum absolute atomic E-state index is 0.00969. The molecule has 0 amide bonds. The first-order chi connectivity index (χ1) is 12.9. The zero-order valence-corrected chi connectivity index (χ0v) is 15.4. The minimum Gasteiger partial charge on any atom is -0.380 e. The Labute approximate surface area is 158 Å². The molecule has 1 N–H and O–H groups in total. The molecule has 0 spiro atoms. The van der Waals surface area contributed by atoms with Crippen molar-refractivity contribution < 1.29 is 22.5 Å². The van der Waals surface area contributed by atoms with Crippen LogP contribution in [0.1, 0.15) is 27.6 Å². The highest BCUT2D eigenvalue weighted by molar-refractivity contribution is 7.87. The monoisotopic (exact) mass is 382 g/mol. The predicted molar refractivity (Wildman–Crippen MR) is 101 cm³/mol. The summed E-state index contributed by atoms with van der Waals surface area (Å²) < 4.78 is 30.3. The van der Waals surface area contributed by atoms with Crippen molar-refractivity contribution in [2.45, 2.75) is 17.9 Å². The second kappa shape index (κ2) is 7.73. The summed E-state index contributed by atoms with van der Waals surface area (Å²) in [6.07, 6.45) is -1.42. The molecule has 138 valence electrons. The fourth-order valence-electron chi connectivity index (χ4n) is 2.55. The first kappa shape index (κ1) is 18.8. The molecule has 0 aliphatic carbocycles. The van der Waals surface area contributed by atoms with Crippen LogP contribution in [0, 0.1) is 6.92 Å². The van der Waals surface area contributed by atoms with Crippen LogP contribution in [0.5, 0.6) is 5.75 Å². The maximum absolute atomic E-state index is 12.7. The van der Waals surface area contributed by atoms with Gasteiger partial charge in [-0.1, -0.05) is 60.2 Å². The largest absolute Gasteiger partial charge is 0.380 e. The number of benzene rings is 3. The molecule has 0 radical (unpaired) electrons. The average Bonchev–Trinajstić information content (AvgIpc) is 2.68. The highest BCUT2D eigenvalue weighted by Crippen LogP contribution is 2.27. The molecule has 0 aromatic heterocycles. The molecule has 0 aliphatic heterocycles. The molecule has 5 nitrogen and oxygen atoms in total. The summed E-state index contributed by atoms with van der Waals surface area (Å²) in [5, 5.41) is 10.4. The molecule has 0 heterocycles. The van der Waals surface area contributed by atoms with Gasteiger partial charge >= 0.3 is 10.1 Å². The summed E-state index contributed by atoms with van der Waals surface area (Å²) in [4.78, 5) is 12.7. The van der Waals surface area contributed by atoms with E-state index in [4.69, 9.17) is 4.18 Å². The molecule has 3 rings (SSSR count). The lowest BCUT2D eigenvalue weighted by atomic mass is 9.99. The number of aliphatic hydroxyl groups excluding tert-OH is 1. The van der Waals surface area contributed by atoms with Crippen LogP contribution in [0.2, 0.25) is 0 Å². The van der Waals surface area contributed by atoms with Gasteiger partial charge in [0.1, 0.15) is 11.0 Å². The number of carbonyl (C=O) groups is 1. The maximum atomic E-state index is 12.7. The second-order valence-corrected chi connectivity index (χ2v) is 7.57. The Morgan fingerprint density at radius 3 is 2.15 bits per heavy atom. The van der Waals surface area contributed by atoms with Crippen LogP contribution in [-0.2, 0) is 10.1 Å². The maximum Gasteiger partial charge on any atom is 0.339 e. The van der Waals surface area contributed by atoms with E-state index in [9.17, 15) is 18.3 Å². The van der Waals surface area contributed by atoms with Gasteiger partial charge in [-0.15, -0.1) is 0 Å². The van der Waals surface area contributed by atoms with Crippen LogP contribution in [-0.4, -0.2) is 19.3 Å². The van der Waals surface area contributed by atoms with Gasteiger partial charge in [-0.25, -0.2) is 0 Å². The van der Waals surface area contributed by atoms with E-state index in [1.165, 1.54) is 24.3 Å². The summed E-state index contributed by atoms with van der Waals surface area (Å²) in [5.41, 5.74) is 1.32. The Morgan fingerprint density at radius 1 is 0.889 bits per heavy atom. The Hall–Kier alpha value is -2.96. The van der Waals surface area contributed by atoms with E-state index < -0.39 is 22.0 Å². The molecule has 0 aliphatic rings. The highest BCUT2D eigenvalue weighted by atomic mass is 32.2. The molecule has 27 heavy (non-hydrogen) atoms. The van der Waals surface area contributed by atoms with Crippen molar-refractivity contribution >= 4 is 15.9 Å². The molecule has 6 heteroatoms. The highest BCUT2D eigenvalue weighted by Gasteiger charge is 2.25. The number of ketones is 1. The van der Waals surface area contributed by atoms with E-state index in [-0.39, 0.29) is 16.2 Å². The number of rotatable bonds is 6. The van der Waals surface area contributed by atoms with Gasteiger partial charge in [0.2, 0.25) is 0 Å². The standard InChI is InChI=1S/C21H18O5S/c1-15-11-13-17(14-12-15)27(24,25)26-19-10-6-5-9-18(19)21(23)20(22)16-7-3-2-4-8-16/h2-14,20,22H,1H3. The molecule has 3 aromatic carbocycles. The fraction of sp³-hybridized carbons (Fsp3) is 0.0952. The van der Waals surface area contributed by atoms with Crippen molar-refractivity contribution in [3.63, 3.8) is 0 Å². The Balaban J connectivity index is 1.92. The molecule has 1 atom stereocenters. The summed E-state index contributed by atoms with van der Waals surface area (Å²) in [6.45, 7) is 1.84. The third kappa shape index (κ3) is 4.24. The quantitative estimate of drug-likeness (QED) is 0.520. The van der Waals surface area contributed by atoms with Crippen molar-refractivity contribution in [3.8, 4) is 5.75 Å². The number of aliphatic hydroxyl groups is 1. The lowest BCUT2D eigenvalue weighted by Gasteiger charge is -2.14. The molecule has 1 unspecified atom stereocenters. The lowest BCUT2D eigenvalue weighted by Crippen LogP contribution is -2.16. The van der Waals surface area contributed by atoms with Gasteiger partial charge in [-0.3, -0.25) is 4.79 Å². The van der Waals surface area contributed by atoms with Gasteiger partial charge in [0.05, 0.1) is 5.56 Å². The number of para-hydroxylation sites is 1. The predicted octanol–water partition coefficient (Wildman–Crippen LogP) is 3.68. The van der Waals surface area contributed by atoms with Crippen LogP contribution < -0.4 is 4.18 Å². The van der Waals surface area contributed by atoms with E-state index >= 15 is 0 Å². The molecule has 3 aromatic rings. The Kier molecular flexibility index (Phi) is 5.39. The molecule has 0 saturated heterocycles. The van der Waals surface area contributed by atoms with E-state index in [1.807, 2.05) is 6.92 Å². The van der Waals surface area contributed by atoms with E-state index in [1.54, 1.807) is 54.6 Å². The third-order valence-electron chi connectivity index (χ3n) is 4.03. The smallest absolute Gasteiger partial charge is 0.339 e. The van der Waals surface area contributed by atoms with Gasteiger partial charge in [-0.2, -0.15) is 8.42 Å². The first-order valence-electron chi connectivity index (χ1n) is 8.26. The number of hydrogen-bond donors (Lipinski definition) is 1. The average molecular weight is 382 g/mol. The molecule has 0 fully saturated rings. The fourth-order valence-corrected chi connectivity index (χ4v) is 3.50. The number of hydrogen-bond acceptors (Lipinski definition) is 5. The molecular weight excluding hydrogens is 364 g/mol. The number of carbonyl (C=O) groups excluding carboxylic acids is 1. The Morgan fingerprint density at radius 2 is 1.48 bits per heavy atom. The van der Waals surface area contributed by atoms with Crippen LogP contribution in [0.25, 0.3) is 0 Å². The van der Waals surface area contributed by atoms with Gasteiger partial charge in [0.15, 0.2) is 11.5 Å². The minimum atomic E-state index is -4.11. The van der Waals surface area contributed by atoms with Crippen LogP contribution in [0.15, 0.2) is 83.8 Å². The number of Topliss-reactive ketones (excluding diaryl/α,β-unsaturated/α-hetero) is 1. The van der Waals surface area contributed by atoms with Crippen molar-refractivity contribution in [2.75, 3.05) is 0 Å². The Bertz CT molecular complexity index is 1040. The van der Waals surface area contributed by atoms with Crippen molar-refractivity contribution in [1.29, 1.82) is 0 Å². The zero-order chi connectivity index (χ0) is 19.4. The third-order valence-corrected chi connectivity index (χ3v) is 5.27. The zero-order valence-electron chi connectivity index (χ0n) is 14.6. The summed E-state index contributed by atoms with van der Waals surface area (Å²) in [6, 6.07) is 20.6. The topological polar surface area (TPSA) is 80.7 Å². The number of aryl methyl sites for hydroxylation is 1. The summed E-state index contributed by atoms with van der Waals surface area (Å²) in [7, 11) is -4.11. The SMILES string of the molecule is Cc1ccc(S(=O)(=O)Oc2ccccc2C(=O)C(O)c2ccccc2)cc1. The van der Waals surface area contributed by atoms with E-state index in [0.29, 0.717) is 5.56 Å². The van der Waals surface area contributed by atoms with Gasteiger partial charge in [0.25, 0.3) is 0 Å². The van der Waals surface area contributed by atoms with Gasteiger partial charge < -0.3 is 9.29 Å². The van der Waals surface area contributed by atoms with Crippen LogP contribution >= 0.6 is 0 Å². The molecule has 0 saturated carbocycles. The van der Waals surface area contributed by atoms with Gasteiger partial charge in [-0.05, 0) is 36.8 Å². The normalized spacial score (nSPS) is 12.4. The van der Waals surface area contributed by atoms with Crippen LogP contribution in [0.4, 0.5) is 0 Å².